The van der Waals surface area contributed by atoms with Crippen LogP contribution in [0.3, 0.4) is 0 Å². The molecule has 2 aromatic rings. The van der Waals surface area contributed by atoms with E-state index in [0.29, 0.717) is 6.42 Å². The average Bonchev–Trinajstić information content (AvgIpc) is 2.48. The fourth-order valence-electron chi connectivity index (χ4n) is 2.68. The van der Waals surface area contributed by atoms with E-state index in [1.807, 2.05) is 32.0 Å². The van der Waals surface area contributed by atoms with E-state index in [-0.39, 0.29) is 5.91 Å². The fourth-order valence-corrected chi connectivity index (χ4v) is 2.68. The van der Waals surface area contributed by atoms with Crippen LogP contribution in [-0.2, 0) is 11.2 Å². The summed E-state index contributed by atoms with van der Waals surface area (Å²) in [5, 5.41) is 4.25. The number of aryl methyl sites for hydroxylation is 4. The minimum absolute atomic E-state index is 0.0962. The molecule has 2 rings (SSSR count). The Hall–Kier alpha value is -2.42. The molecule has 0 spiro atoms. The summed E-state index contributed by atoms with van der Waals surface area (Å²) in [5.74, 6) is -0.0962. The topological polar surface area (TPSA) is 41.5 Å². The highest BCUT2D eigenvalue weighted by atomic mass is 16.2. The number of hydrazone groups is 1. The van der Waals surface area contributed by atoms with Crippen molar-refractivity contribution in [2.24, 2.45) is 5.10 Å². The maximum atomic E-state index is 12.1. The molecule has 0 atom stereocenters. The van der Waals surface area contributed by atoms with Crippen LogP contribution in [0.2, 0.25) is 0 Å². The molecule has 0 saturated heterocycles. The molecule has 0 radical (unpaired) electrons. The van der Waals surface area contributed by atoms with Gasteiger partial charge in [-0.05, 0) is 51.3 Å². The van der Waals surface area contributed by atoms with E-state index in [2.05, 4.69) is 49.5 Å². The predicted molar refractivity (Wildman–Crippen MR) is 95.9 cm³/mol. The number of hydrogen-bond acceptors (Lipinski definition) is 2. The Morgan fingerprint density at radius 2 is 1.57 bits per heavy atom. The van der Waals surface area contributed by atoms with Crippen LogP contribution in [0.1, 0.15) is 40.3 Å². The fraction of sp³-hybridized carbons (Fsp3) is 0.300. The first kappa shape index (κ1) is 16.9. The number of nitrogens with zero attached hydrogens (tertiary/aromatic N) is 1. The minimum Gasteiger partial charge on any atom is -0.273 e. The second-order valence-electron chi connectivity index (χ2n) is 6.16. The van der Waals surface area contributed by atoms with Gasteiger partial charge >= 0.3 is 0 Å². The number of carbonyl (C=O) groups is 1. The molecular weight excluding hydrogens is 284 g/mol. The first-order chi connectivity index (χ1) is 10.9. The molecule has 0 bridgehead atoms. The highest BCUT2D eigenvalue weighted by molar-refractivity contribution is 6.00. The van der Waals surface area contributed by atoms with Crippen molar-refractivity contribution in [3.8, 4) is 0 Å². The van der Waals surface area contributed by atoms with Gasteiger partial charge in [0, 0.05) is 5.56 Å². The van der Waals surface area contributed by atoms with E-state index in [9.17, 15) is 4.79 Å². The maximum Gasteiger partial charge on any atom is 0.244 e. The monoisotopic (exact) mass is 308 g/mol. The van der Waals surface area contributed by atoms with Gasteiger partial charge in [-0.2, -0.15) is 5.10 Å². The lowest BCUT2D eigenvalue weighted by molar-refractivity contribution is -0.120. The van der Waals surface area contributed by atoms with Crippen molar-refractivity contribution in [3.05, 3.63) is 69.8 Å². The van der Waals surface area contributed by atoms with E-state index in [1.54, 1.807) is 0 Å². The Bertz CT molecular complexity index is 760. The van der Waals surface area contributed by atoms with Crippen LogP contribution < -0.4 is 5.43 Å². The molecule has 0 unspecified atom stereocenters. The first-order valence-corrected chi connectivity index (χ1v) is 7.83. The Morgan fingerprint density at radius 1 is 0.957 bits per heavy atom. The second-order valence-corrected chi connectivity index (χ2v) is 6.16. The summed E-state index contributed by atoms with van der Waals surface area (Å²) in [4.78, 5) is 12.1. The van der Waals surface area contributed by atoms with Crippen molar-refractivity contribution in [1.82, 2.24) is 5.43 Å². The summed E-state index contributed by atoms with van der Waals surface area (Å²) >= 11 is 0. The van der Waals surface area contributed by atoms with Crippen LogP contribution >= 0.6 is 0 Å². The van der Waals surface area contributed by atoms with Gasteiger partial charge in [0.05, 0.1) is 12.1 Å². The van der Waals surface area contributed by atoms with E-state index >= 15 is 0 Å². The maximum absolute atomic E-state index is 12.1. The normalized spacial score (nSPS) is 11.4. The Morgan fingerprint density at radius 3 is 2.17 bits per heavy atom. The lowest BCUT2D eigenvalue weighted by atomic mass is 10.0. The quantitative estimate of drug-likeness (QED) is 0.673. The average molecular weight is 308 g/mol. The summed E-state index contributed by atoms with van der Waals surface area (Å²) in [6.45, 7) is 10.1. The molecule has 0 aliphatic carbocycles. The van der Waals surface area contributed by atoms with E-state index in [0.717, 1.165) is 28.0 Å². The third kappa shape index (κ3) is 4.52. The molecule has 0 heterocycles. The molecule has 3 nitrogen and oxygen atoms in total. The van der Waals surface area contributed by atoms with E-state index in [4.69, 9.17) is 0 Å². The zero-order valence-corrected chi connectivity index (χ0v) is 14.5. The van der Waals surface area contributed by atoms with Gasteiger partial charge in [-0.25, -0.2) is 5.43 Å². The molecule has 0 aliphatic rings. The number of hydrogen-bond donors (Lipinski definition) is 1. The second kappa shape index (κ2) is 7.23. The predicted octanol–water partition coefficient (Wildman–Crippen LogP) is 4.00. The standard InChI is InChI=1S/C20H24N2O/c1-13-6-8-18(15(3)10-13)12-20(23)22-21-17(5)19-9-7-14(2)11-16(19)4/h6-11H,12H2,1-5H3,(H,22,23)/b21-17+. The zero-order valence-electron chi connectivity index (χ0n) is 14.5. The third-order valence-electron chi connectivity index (χ3n) is 3.97. The Labute approximate surface area is 138 Å². The summed E-state index contributed by atoms with van der Waals surface area (Å²) in [6, 6.07) is 12.3. The van der Waals surface area contributed by atoms with Crippen LogP contribution in [0, 0.1) is 27.7 Å². The molecule has 0 aromatic heterocycles. The molecule has 3 heteroatoms. The number of carbonyl (C=O) groups excluding carboxylic acids is 1. The minimum atomic E-state index is -0.0962. The van der Waals surface area contributed by atoms with Crippen LogP contribution in [0.15, 0.2) is 41.5 Å². The van der Waals surface area contributed by atoms with Crippen LogP contribution in [0.25, 0.3) is 0 Å². The van der Waals surface area contributed by atoms with Crippen LogP contribution in [0.4, 0.5) is 0 Å². The largest absolute Gasteiger partial charge is 0.273 e. The Kier molecular flexibility index (Phi) is 5.32. The van der Waals surface area contributed by atoms with Crippen molar-refractivity contribution < 1.29 is 4.79 Å². The van der Waals surface area contributed by atoms with E-state index < -0.39 is 0 Å². The molecule has 0 aliphatic heterocycles. The Balaban J connectivity index is 2.05. The highest BCUT2D eigenvalue weighted by Crippen LogP contribution is 2.12. The SMILES string of the molecule is C/C(=N\NC(=O)Cc1ccc(C)cc1C)c1ccc(C)cc1C. The third-order valence-corrected chi connectivity index (χ3v) is 3.97. The van der Waals surface area contributed by atoms with Crippen molar-refractivity contribution >= 4 is 11.6 Å². The number of rotatable bonds is 4. The number of amides is 1. The molecule has 120 valence electrons. The van der Waals surface area contributed by atoms with Gasteiger partial charge in [0.15, 0.2) is 0 Å². The number of nitrogens with one attached hydrogen (secondary N) is 1. The summed E-state index contributed by atoms with van der Waals surface area (Å²) in [7, 11) is 0. The van der Waals surface area contributed by atoms with Crippen molar-refractivity contribution in [3.63, 3.8) is 0 Å². The van der Waals surface area contributed by atoms with E-state index in [1.165, 1.54) is 11.1 Å². The summed E-state index contributed by atoms with van der Waals surface area (Å²) in [5.41, 5.74) is 10.3. The number of benzene rings is 2. The summed E-state index contributed by atoms with van der Waals surface area (Å²) < 4.78 is 0. The van der Waals surface area contributed by atoms with Crippen molar-refractivity contribution in [2.45, 2.75) is 41.0 Å². The smallest absolute Gasteiger partial charge is 0.244 e. The molecule has 2 aromatic carbocycles. The van der Waals surface area contributed by atoms with Gasteiger partial charge in [0.1, 0.15) is 0 Å². The highest BCUT2D eigenvalue weighted by Gasteiger charge is 2.07. The molecule has 1 amide bonds. The van der Waals surface area contributed by atoms with Gasteiger partial charge in [-0.1, -0.05) is 47.5 Å². The van der Waals surface area contributed by atoms with Gasteiger partial charge in [0.25, 0.3) is 0 Å². The first-order valence-electron chi connectivity index (χ1n) is 7.83. The van der Waals surface area contributed by atoms with Gasteiger partial charge in [-0.3, -0.25) is 4.79 Å². The van der Waals surface area contributed by atoms with Gasteiger partial charge in [0.2, 0.25) is 5.91 Å². The van der Waals surface area contributed by atoms with Gasteiger partial charge in [-0.15, -0.1) is 0 Å². The van der Waals surface area contributed by atoms with Crippen LogP contribution in [-0.4, -0.2) is 11.6 Å². The molecular formula is C20H24N2O. The molecule has 0 fully saturated rings. The molecule has 23 heavy (non-hydrogen) atoms. The van der Waals surface area contributed by atoms with Crippen molar-refractivity contribution in [1.29, 1.82) is 0 Å². The lowest BCUT2D eigenvalue weighted by Crippen LogP contribution is -2.21. The molecule has 0 saturated carbocycles. The molecule has 1 N–H and O–H groups in total. The zero-order chi connectivity index (χ0) is 17.0. The van der Waals surface area contributed by atoms with Crippen LogP contribution in [0.5, 0.6) is 0 Å². The van der Waals surface area contributed by atoms with Crippen molar-refractivity contribution in [2.75, 3.05) is 0 Å². The lowest BCUT2D eigenvalue weighted by Gasteiger charge is -2.08. The van der Waals surface area contributed by atoms with Gasteiger partial charge < -0.3 is 0 Å². The summed E-state index contributed by atoms with van der Waals surface area (Å²) in [6.07, 6.45) is 0.343.